The Morgan fingerprint density at radius 1 is 1.37 bits per heavy atom. The van der Waals surface area contributed by atoms with Gasteiger partial charge >= 0.3 is 0 Å². The number of amides is 2. The van der Waals surface area contributed by atoms with Gasteiger partial charge in [0.25, 0.3) is 5.91 Å². The number of rotatable bonds is 3. The van der Waals surface area contributed by atoms with E-state index in [-0.39, 0.29) is 23.3 Å². The molecule has 1 aliphatic rings. The molecular formula is C12H11BrF2N2O2. The molecule has 102 valence electrons. The minimum absolute atomic E-state index is 0.0956. The number of likely N-dealkylation sites (tertiary alicyclic amines) is 1. The molecule has 0 radical (unpaired) electrons. The maximum Gasteiger partial charge on any atom is 0.252 e. The number of hydrogen-bond donors (Lipinski definition) is 1. The second kappa shape index (κ2) is 5.24. The molecule has 0 spiro atoms. The standard InChI is InChI=1S/C12H11BrF2N2O2/c1-2-17-10(18)5-9(12(17)19)16-11-7(14)3-6(13)4-8(11)15/h3-4,9,16H,2,5H2,1H3. The van der Waals surface area contributed by atoms with Crippen LogP contribution in [0.15, 0.2) is 16.6 Å². The molecule has 7 heteroatoms. The molecule has 2 rings (SSSR count). The minimum atomic E-state index is -0.919. The van der Waals surface area contributed by atoms with E-state index in [2.05, 4.69) is 21.2 Å². The van der Waals surface area contributed by atoms with Crippen molar-refractivity contribution in [3.63, 3.8) is 0 Å². The number of carbonyl (C=O) groups is 2. The van der Waals surface area contributed by atoms with Crippen LogP contribution in [0.1, 0.15) is 13.3 Å². The summed E-state index contributed by atoms with van der Waals surface area (Å²) >= 11 is 2.96. The van der Waals surface area contributed by atoms with E-state index in [1.165, 1.54) is 0 Å². The first kappa shape index (κ1) is 13.9. The van der Waals surface area contributed by atoms with Crippen molar-refractivity contribution in [2.75, 3.05) is 11.9 Å². The number of hydrogen-bond acceptors (Lipinski definition) is 3. The van der Waals surface area contributed by atoms with Crippen LogP contribution in [0.3, 0.4) is 0 Å². The highest BCUT2D eigenvalue weighted by Gasteiger charge is 2.38. The van der Waals surface area contributed by atoms with E-state index in [4.69, 9.17) is 0 Å². The van der Waals surface area contributed by atoms with Crippen molar-refractivity contribution in [1.82, 2.24) is 4.90 Å². The molecule has 1 fully saturated rings. The van der Waals surface area contributed by atoms with Crippen molar-refractivity contribution >= 4 is 33.4 Å². The molecule has 0 saturated carbocycles. The number of anilines is 1. The van der Waals surface area contributed by atoms with Crippen LogP contribution in [0.2, 0.25) is 0 Å². The summed E-state index contributed by atoms with van der Waals surface area (Å²) in [5.41, 5.74) is -0.396. The van der Waals surface area contributed by atoms with Crippen LogP contribution in [0.5, 0.6) is 0 Å². The minimum Gasteiger partial charge on any atom is -0.368 e. The molecular weight excluding hydrogens is 322 g/mol. The van der Waals surface area contributed by atoms with Gasteiger partial charge in [0.15, 0.2) is 0 Å². The molecule has 1 saturated heterocycles. The average Bonchev–Trinajstić information content (AvgIpc) is 2.58. The number of imide groups is 1. The first-order valence-corrected chi connectivity index (χ1v) is 6.48. The van der Waals surface area contributed by atoms with Crippen LogP contribution in [0.25, 0.3) is 0 Å². The molecule has 0 bridgehead atoms. The summed E-state index contributed by atoms with van der Waals surface area (Å²) in [6.45, 7) is 1.92. The molecule has 19 heavy (non-hydrogen) atoms. The molecule has 0 aromatic heterocycles. The zero-order valence-electron chi connectivity index (χ0n) is 10.0. The maximum absolute atomic E-state index is 13.6. The van der Waals surface area contributed by atoms with Crippen molar-refractivity contribution in [2.45, 2.75) is 19.4 Å². The zero-order chi connectivity index (χ0) is 14.2. The highest BCUT2D eigenvalue weighted by atomic mass is 79.9. The van der Waals surface area contributed by atoms with Gasteiger partial charge in [0.1, 0.15) is 23.4 Å². The Labute approximate surface area is 116 Å². The third kappa shape index (κ3) is 2.60. The van der Waals surface area contributed by atoms with Crippen LogP contribution in [-0.2, 0) is 9.59 Å². The Morgan fingerprint density at radius 3 is 2.42 bits per heavy atom. The predicted octanol–water partition coefficient (Wildman–Crippen LogP) is 2.29. The topological polar surface area (TPSA) is 49.4 Å². The lowest BCUT2D eigenvalue weighted by molar-refractivity contribution is -0.138. The summed E-state index contributed by atoms with van der Waals surface area (Å²) in [4.78, 5) is 24.4. The first-order valence-electron chi connectivity index (χ1n) is 5.69. The fourth-order valence-corrected chi connectivity index (χ4v) is 2.38. The summed E-state index contributed by atoms with van der Waals surface area (Å²) in [5.74, 6) is -2.44. The van der Waals surface area contributed by atoms with E-state index in [9.17, 15) is 18.4 Å². The van der Waals surface area contributed by atoms with E-state index in [0.717, 1.165) is 17.0 Å². The third-order valence-corrected chi connectivity index (χ3v) is 3.34. The van der Waals surface area contributed by atoms with Crippen molar-refractivity contribution in [2.24, 2.45) is 0 Å². The summed E-state index contributed by atoms with van der Waals surface area (Å²) < 4.78 is 27.5. The average molecular weight is 333 g/mol. The second-order valence-electron chi connectivity index (χ2n) is 4.12. The van der Waals surface area contributed by atoms with Gasteiger partial charge in [0.05, 0.1) is 6.42 Å². The van der Waals surface area contributed by atoms with Gasteiger partial charge in [-0.1, -0.05) is 15.9 Å². The van der Waals surface area contributed by atoms with E-state index in [1.807, 2.05) is 0 Å². The quantitative estimate of drug-likeness (QED) is 0.864. The molecule has 4 nitrogen and oxygen atoms in total. The molecule has 1 atom stereocenters. The Morgan fingerprint density at radius 2 is 1.95 bits per heavy atom. The molecule has 2 amide bonds. The lowest BCUT2D eigenvalue weighted by atomic mass is 10.2. The third-order valence-electron chi connectivity index (χ3n) is 2.89. The molecule has 0 aliphatic carbocycles. The number of nitrogens with zero attached hydrogens (tertiary/aromatic N) is 1. The summed E-state index contributed by atoms with van der Waals surface area (Å²) in [5, 5.41) is 2.47. The Kier molecular flexibility index (Phi) is 3.84. The van der Waals surface area contributed by atoms with Gasteiger partial charge in [-0.05, 0) is 19.1 Å². The molecule has 1 N–H and O–H groups in total. The van der Waals surface area contributed by atoms with Crippen LogP contribution in [-0.4, -0.2) is 29.3 Å². The smallest absolute Gasteiger partial charge is 0.252 e. The van der Waals surface area contributed by atoms with Crippen LogP contribution >= 0.6 is 15.9 Å². The fourth-order valence-electron chi connectivity index (χ4n) is 1.98. The highest BCUT2D eigenvalue weighted by molar-refractivity contribution is 9.10. The van der Waals surface area contributed by atoms with E-state index in [1.54, 1.807) is 6.92 Å². The predicted molar refractivity (Wildman–Crippen MR) is 68.5 cm³/mol. The SMILES string of the molecule is CCN1C(=O)CC(Nc2c(F)cc(Br)cc2F)C1=O. The van der Waals surface area contributed by atoms with Gasteiger partial charge in [-0.15, -0.1) is 0 Å². The largest absolute Gasteiger partial charge is 0.368 e. The molecule has 1 aromatic rings. The van der Waals surface area contributed by atoms with Gasteiger partial charge in [-0.3, -0.25) is 14.5 Å². The van der Waals surface area contributed by atoms with Crippen molar-refractivity contribution < 1.29 is 18.4 Å². The second-order valence-corrected chi connectivity index (χ2v) is 5.04. The Bertz CT molecular complexity index is 528. The molecule has 1 aliphatic heterocycles. The normalized spacial score (nSPS) is 19.2. The van der Waals surface area contributed by atoms with Gasteiger partial charge in [-0.2, -0.15) is 0 Å². The first-order chi connectivity index (χ1) is 8.93. The van der Waals surface area contributed by atoms with Gasteiger partial charge < -0.3 is 5.32 Å². The lowest BCUT2D eigenvalue weighted by Crippen LogP contribution is -2.34. The summed E-state index contributed by atoms with van der Waals surface area (Å²) in [6.07, 6.45) is -0.0956. The number of likely N-dealkylation sites (N-methyl/N-ethyl adjacent to an activating group) is 1. The zero-order valence-corrected chi connectivity index (χ0v) is 11.6. The van der Waals surface area contributed by atoms with Gasteiger partial charge in [0, 0.05) is 11.0 Å². The molecule has 1 heterocycles. The highest BCUT2D eigenvalue weighted by Crippen LogP contribution is 2.26. The van der Waals surface area contributed by atoms with Crippen molar-refractivity contribution in [3.8, 4) is 0 Å². The number of halogens is 3. The summed E-state index contributed by atoms with van der Waals surface area (Å²) in [6, 6.07) is 1.26. The number of nitrogens with one attached hydrogen (secondary N) is 1. The lowest BCUT2D eigenvalue weighted by Gasteiger charge is -2.15. The van der Waals surface area contributed by atoms with E-state index < -0.39 is 29.3 Å². The number of benzene rings is 1. The van der Waals surface area contributed by atoms with Crippen LogP contribution in [0.4, 0.5) is 14.5 Å². The summed E-state index contributed by atoms with van der Waals surface area (Å²) in [7, 11) is 0. The monoisotopic (exact) mass is 332 g/mol. The van der Waals surface area contributed by atoms with Crippen LogP contribution in [0, 0.1) is 11.6 Å². The Balaban J connectivity index is 2.24. The Hall–Kier alpha value is -1.50. The van der Waals surface area contributed by atoms with Crippen LogP contribution < -0.4 is 5.32 Å². The maximum atomic E-state index is 13.6. The van der Waals surface area contributed by atoms with Crippen molar-refractivity contribution in [1.29, 1.82) is 0 Å². The van der Waals surface area contributed by atoms with Gasteiger partial charge in [-0.25, -0.2) is 8.78 Å². The number of carbonyl (C=O) groups excluding carboxylic acids is 2. The fraction of sp³-hybridized carbons (Fsp3) is 0.333. The molecule has 1 unspecified atom stereocenters. The van der Waals surface area contributed by atoms with E-state index in [0.29, 0.717) is 0 Å². The van der Waals surface area contributed by atoms with Crippen molar-refractivity contribution in [3.05, 3.63) is 28.2 Å². The molecule has 1 aromatic carbocycles. The van der Waals surface area contributed by atoms with Gasteiger partial charge in [0.2, 0.25) is 5.91 Å². The van der Waals surface area contributed by atoms with E-state index >= 15 is 0 Å².